The number of ether oxygens (including phenoxy) is 3. The number of nitrogens with one attached hydrogen (secondary N) is 2. The lowest BCUT2D eigenvalue weighted by molar-refractivity contribution is 0.0908. The predicted molar refractivity (Wildman–Crippen MR) is 125 cm³/mol. The van der Waals surface area contributed by atoms with Crippen molar-refractivity contribution in [2.24, 2.45) is 0 Å². The van der Waals surface area contributed by atoms with Crippen LogP contribution in [0.15, 0.2) is 30.5 Å². The number of pyridine rings is 1. The number of aromatic nitrogens is 1. The smallest absolute Gasteiger partial charge is 0.255 e. The summed E-state index contributed by atoms with van der Waals surface area (Å²) >= 11 is 6.14. The third-order valence-corrected chi connectivity index (χ3v) is 6.59. The number of benzene rings is 1. The van der Waals surface area contributed by atoms with Crippen LogP contribution in [0, 0.1) is 0 Å². The fourth-order valence-corrected chi connectivity index (χ4v) is 4.72. The van der Waals surface area contributed by atoms with E-state index in [1.54, 1.807) is 12.3 Å². The van der Waals surface area contributed by atoms with Crippen LogP contribution in [-0.4, -0.2) is 61.0 Å². The van der Waals surface area contributed by atoms with Crippen LogP contribution in [-0.2, 0) is 11.3 Å². The van der Waals surface area contributed by atoms with Crippen molar-refractivity contribution in [3.8, 4) is 11.5 Å². The number of hydrogen-bond acceptors (Lipinski definition) is 7. The average molecular weight is 473 g/mol. The van der Waals surface area contributed by atoms with Gasteiger partial charge in [-0.05, 0) is 49.4 Å². The first-order chi connectivity index (χ1) is 16.1. The number of rotatable bonds is 7. The van der Waals surface area contributed by atoms with Crippen molar-refractivity contribution in [2.45, 2.75) is 44.4 Å². The zero-order chi connectivity index (χ0) is 22.6. The maximum Gasteiger partial charge on any atom is 0.255 e. The van der Waals surface area contributed by atoms with E-state index in [1.807, 2.05) is 12.1 Å². The lowest BCUT2D eigenvalue weighted by Gasteiger charge is -2.32. The summed E-state index contributed by atoms with van der Waals surface area (Å²) in [7, 11) is 0. The number of piperidine rings is 1. The fraction of sp³-hybridized carbons (Fsp3) is 0.500. The molecule has 5 rings (SSSR count). The van der Waals surface area contributed by atoms with E-state index in [-0.39, 0.29) is 24.8 Å². The van der Waals surface area contributed by atoms with Crippen LogP contribution in [0.25, 0.3) is 0 Å². The lowest BCUT2D eigenvalue weighted by Crippen LogP contribution is -2.44. The van der Waals surface area contributed by atoms with Crippen molar-refractivity contribution in [3.05, 3.63) is 46.6 Å². The maximum atomic E-state index is 13.0. The summed E-state index contributed by atoms with van der Waals surface area (Å²) in [5.41, 5.74) is 1.68. The molecule has 0 bridgehead atoms. The fourth-order valence-electron chi connectivity index (χ4n) is 4.57. The minimum Gasteiger partial charge on any atom is -0.454 e. The number of carbonyl (C=O) groups excluding carboxylic acids is 1. The highest BCUT2D eigenvalue weighted by atomic mass is 35.5. The minimum atomic E-state index is -0.144. The molecule has 0 spiro atoms. The molecule has 2 fully saturated rings. The van der Waals surface area contributed by atoms with E-state index in [2.05, 4.69) is 26.6 Å². The van der Waals surface area contributed by atoms with Crippen LogP contribution >= 0.6 is 11.6 Å². The number of likely N-dealkylation sites (tertiary alicyclic amines) is 1. The SMILES string of the molecule is O=C(NC1CCN(Cc2ccc3c(c2)OCO3)CC1)c1cc(Cl)cnc1NC[C@H]1CCCO1. The number of hydrogen-bond donors (Lipinski definition) is 2. The summed E-state index contributed by atoms with van der Waals surface area (Å²) in [6, 6.07) is 7.90. The second-order valence-corrected chi connectivity index (χ2v) is 9.21. The van der Waals surface area contributed by atoms with E-state index in [4.69, 9.17) is 25.8 Å². The van der Waals surface area contributed by atoms with Gasteiger partial charge >= 0.3 is 0 Å². The van der Waals surface area contributed by atoms with Crippen molar-refractivity contribution in [3.63, 3.8) is 0 Å². The standard InChI is InChI=1S/C24H29ClN4O4/c25-17-11-20(23(26-12-17)27-13-19-2-1-9-31-19)24(30)28-18-5-7-29(8-6-18)14-16-3-4-21-22(10-16)33-15-32-21/h3-4,10-12,18-19H,1-2,5-9,13-15H2,(H,26,27)(H,28,30)/t19-/m1/s1. The molecule has 1 atom stereocenters. The molecule has 8 nitrogen and oxygen atoms in total. The van der Waals surface area contributed by atoms with E-state index < -0.39 is 0 Å². The predicted octanol–water partition coefficient (Wildman–Crippen LogP) is 3.45. The van der Waals surface area contributed by atoms with Crippen molar-refractivity contribution < 1.29 is 19.0 Å². The zero-order valence-electron chi connectivity index (χ0n) is 18.5. The molecule has 3 aliphatic rings. The van der Waals surface area contributed by atoms with Gasteiger partial charge in [-0.25, -0.2) is 4.98 Å². The molecule has 9 heteroatoms. The topological polar surface area (TPSA) is 85.0 Å². The van der Waals surface area contributed by atoms with Crippen molar-refractivity contribution in [1.29, 1.82) is 0 Å². The number of carbonyl (C=O) groups is 1. The van der Waals surface area contributed by atoms with Crippen LogP contribution < -0.4 is 20.1 Å². The van der Waals surface area contributed by atoms with Gasteiger partial charge in [-0.15, -0.1) is 0 Å². The Hall–Kier alpha value is -2.55. The van der Waals surface area contributed by atoms with Gasteiger partial charge in [0, 0.05) is 45.0 Å². The summed E-state index contributed by atoms with van der Waals surface area (Å²) in [5, 5.41) is 6.89. The maximum absolute atomic E-state index is 13.0. The highest BCUT2D eigenvalue weighted by molar-refractivity contribution is 6.31. The molecular weight excluding hydrogens is 444 g/mol. The van der Waals surface area contributed by atoms with Gasteiger partial charge in [-0.3, -0.25) is 9.69 Å². The summed E-state index contributed by atoms with van der Waals surface area (Å²) < 4.78 is 16.5. The molecule has 176 valence electrons. The molecule has 0 unspecified atom stereocenters. The lowest BCUT2D eigenvalue weighted by atomic mass is 10.0. The Morgan fingerprint density at radius 3 is 2.82 bits per heavy atom. The molecule has 1 aromatic carbocycles. The molecule has 2 saturated heterocycles. The van der Waals surface area contributed by atoms with Crippen LogP contribution in [0.3, 0.4) is 0 Å². The van der Waals surface area contributed by atoms with E-state index in [0.29, 0.717) is 22.9 Å². The number of amides is 1. The minimum absolute atomic E-state index is 0.121. The summed E-state index contributed by atoms with van der Waals surface area (Å²) in [6.07, 6.45) is 5.59. The van der Waals surface area contributed by atoms with Gasteiger partial charge in [0.1, 0.15) is 5.82 Å². The van der Waals surface area contributed by atoms with E-state index in [1.165, 1.54) is 5.56 Å². The number of halogens is 1. The van der Waals surface area contributed by atoms with Gasteiger partial charge in [-0.2, -0.15) is 0 Å². The molecule has 3 aliphatic heterocycles. The van der Waals surface area contributed by atoms with Crippen LogP contribution in [0.5, 0.6) is 11.5 Å². The first kappa shape index (κ1) is 22.3. The van der Waals surface area contributed by atoms with Gasteiger partial charge < -0.3 is 24.8 Å². The number of fused-ring (bicyclic) bond motifs is 1. The third kappa shape index (κ3) is 5.51. The molecule has 4 heterocycles. The Morgan fingerprint density at radius 2 is 2.00 bits per heavy atom. The van der Waals surface area contributed by atoms with Crippen LogP contribution in [0.1, 0.15) is 41.6 Å². The second kappa shape index (κ2) is 10.2. The highest BCUT2D eigenvalue weighted by Crippen LogP contribution is 2.33. The summed E-state index contributed by atoms with van der Waals surface area (Å²) in [5.74, 6) is 2.02. The summed E-state index contributed by atoms with van der Waals surface area (Å²) in [4.78, 5) is 19.8. The average Bonchev–Trinajstić information content (AvgIpc) is 3.51. The quantitative estimate of drug-likeness (QED) is 0.638. The van der Waals surface area contributed by atoms with Gasteiger partial charge in [0.15, 0.2) is 11.5 Å². The Kier molecular flexibility index (Phi) is 6.85. The molecule has 1 amide bonds. The Morgan fingerprint density at radius 1 is 1.15 bits per heavy atom. The van der Waals surface area contributed by atoms with E-state index in [0.717, 1.165) is 63.4 Å². The first-order valence-electron chi connectivity index (χ1n) is 11.6. The molecule has 33 heavy (non-hydrogen) atoms. The molecule has 1 aromatic heterocycles. The normalized spacial score (nSPS) is 20.7. The van der Waals surface area contributed by atoms with Crippen molar-refractivity contribution >= 4 is 23.3 Å². The van der Waals surface area contributed by atoms with Gasteiger partial charge in [-0.1, -0.05) is 17.7 Å². The van der Waals surface area contributed by atoms with E-state index in [9.17, 15) is 4.79 Å². The van der Waals surface area contributed by atoms with Gasteiger partial charge in [0.2, 0.25) is 6.79 Å². The van der Waals surface area contributed by atoms with E-state index >= 15 is 0 Å². The van der Waals surface area contributed by atoms with Gasteiger partial charge in [0.05, 0.1) is 16.7 Å². The molecule has 2 aromatic rings. The Labute approximate surface area is 198 Å². The van der Waals surface area contributed by atoms with Crippen molar-refractivity contribution in [2.75, 3.05) is 38.4 Å². The molecule has 0 aliphatic carbocycles. The monoisotopic (exact) mass is 472 g/mol. The van der Waals surface area contributed by atoms with Crippen LogP contribution in [0.2, 0.25) is 5.02 Å². The highest BCUT2D eigenvalue weighted by Gasteiger charge is 2.24. The molecule has 0 radical (unpaired) electrons. The first-order valence-corrected chi connectivity index (χ1v) is 11.9. The zero-order valence-corrected chi connectivity index (χ0v) is 19.3. The van der Waals surface area contributed by atoms with Crippen LogP contribution in [0.4, 0.5) is 5.82 Å². The van der Waals surface area contributed by atoms with Crippen molar-refractivity contribution in [1.82, 2.24) is 15.2 Å². The molecule has 0 saturated carbocycles. The molecule has 2 N–H and O–H groups in total. The summed E-state index contributed by atoms with van der Waals surface area (Å²) in [6.45, 7) is 4.40. The Balaban J connectivity index is 1.14. The largest absolute Gasteiger partial charge is 0.454 e. The number of nitrogens with zero attached hydrogens (tertiary/aromatic N) is 2. The second-order valence-electron chi connectivity index (χ2n) is 8.78. The Bertz CT molecular complexity index is 990. The molecular formula is C24H29ClN4O4. The van der Waals surface area contributed by atoms with Gasteiger partial charge in [0.25, 0.3) is 5.91 Å². The number of anilines is 1. The third-order valence-electron chi connectivity index (χ3n) is 6.39.